The smallest absolute Gasteiger partial charge is 0.161 e. The maximum absolute atomic E-state index is 9.60. The number of hydrogen-bond donors (Lipinski definition) is 2. The molecule has 0 saturated carbocycles. The summed E-state index contributed by atoms with van der Waals surface area (Å²) in [4.78, 5) is 0. The van der Waals surface area contributed by atoms with Gasteiger partial charge in [0.2, 0.25) is 0 Å². The number of benzene rings is 1. The minimum absolute atomic E-state index is 0.0127. The second kappa shape index (κ2) is 7.23. The van der Waals surface area contributed by atoms with Crippen LogP contribution in [0.4, 0.5) is 0 Å². The molecule has 0 fully saturated rings. The van der Waals surface area contributed by atoms with Gasteiger partial charge >= 0.3 is 0 Å². The molecule has 0 unspecified atom stereocenters. The third-order valence-electron chi connectivity index (χ3n) is 2.50. The van der Waals surface area contributed by atoms with Crippen LogP contribution in [0.3, 0.4) is 0 Å². The molecular weight excluding hydrogens is 268 g/mol. The fourth-order valence-corrected chi connectivity index (χ4v) is 1.51. The van der Waals surface area contributed by atoms with Gasteiger partial charge in [-0.15, -0.1) is 0 Å². The molecule has 0 saturated heterocycles. The minimum Gasteiger partial charge on any atom is -0.504 e. The second-order valence-corrected chi connectivity index (χ2v) is 3.84. The van der Waals surface area contributed by atoms with Crippen molar-refractivity contribution in [3.63, 3.8) is 0 Å². The monoisotopic (exact) mass is 280 g/mol. The highest BCUT2D eigenvalue weighted by molar-refractivity contribution is 5.67. The molecule has 6 nitrogen and oxygen atoms in total. The molecule has 0 aliphatic heterocycles. The molecule has 1 rings (SSSR count). The molecule has 21 heavy (non-hydrogen) atoms. The van der Waals surface area contributed by atoms with Crippen molar-refractivity contribution >= 4 is 6.08 Å². The van der Waals surface area contributed by atoms with Gasteiger partial charge in [-0.05, 0) is 30.7 Å². The molecule has 3 N–H and O–H groups in total. The molecule has 0 spiro atoms. The summed E-state index contributed by atoms with van der Waals surface area (Å²) in [6, 6.07) is 9.60. The van der Waals surface area contributed by atoms with Crippen LogP contribution in [-0.4, -0.2) is 11.7 Å². The van der Waals surface area contributed by atoms with Crippen LogP contribution in [0.15, 0.2) is 35.0 Å². The van der Waals surface area contributed by atoms with E-state index in [1.165, 1.54) is 18.2 Å². The van der Waals surface area contributed by atoms with Gasteiger partial charge in [0.1, 0.15) is 18.2 Å². The number of phenols is 1. The fourth-order valence-electron chi connectivity index (χ4n) is 1.51. The Bertz CT molecular complexity index is 712. The third kappa shape index (κ3) is 3.76. The van der Waals surface area contributed by atoms with E-state index in [0.717, 1.165) is 0 Å². The SMILES string of the molecule is CCOc1cc(C=C(C#N)C(N)=C(C#N)C#N)ccc1O. The van der Waals surface area contributed by atoms with Crippen molar-refractivity contribution in [1.82, 2.24) is 0 Å². The van der Waals surface area contributed by atoms with E-state index in [2.05, 4.69) is 0 Å². The van der Waals surface area contributed by atoms with Gasteiger partial charge in [0.25, 0.3) is 0 Å². The van der Waals surface area contributed by atoms with Crippen molar-refractivity contribution in [2.75, 3.05) is 6.61 Å². The summed E-state index contributed by atoms with van der Waals surface area (Å²) in [6.45, 7) is 2.15. The molecule has 1 aromatic carbocycles. The van der Waals surface area contributed by atoms with Crippen LogP contribution < -0.4 is 10.5 Å². The zero-order valence-corrected chi connectivity index (χ0v) is 11.3. The van der Waals surface area contributed by atoms with Crippen molar-refractivity contribution < 1.29 is 9.84 Å². The van der Waals surface area contributed by atoms with Crippen LogP contribution >= 0.6 is 0 Å². The molecule has 0 bridgehead atoms. The van der Waals surface area contributed by atoms with Crippen LogP contribution in [0.5, 0.6) is 11.5 Å². The Morgan fingerprint density at radius 2 is 1.95 bits per heavy atom. The Morgan fingerprint density at radius 3 is 2.48 bits per heavy atom. The molecule has 0 atom stereocenters. The lowest BCUT2D eigenvalue weighted by Gasteiger charge is -2.07. The number of allylic oxidation sites excluding steroid dienone is 2. The van der Waals surface area contributed by atoms with Crippen LogP contribution in [0.25, 0.3) is 6.08 Å². The maximum atomic E-state index is 9.60. The van der Waals surface area contributed by atoms with E-state index in [9.17, 15) is 5.11 Å². The Hall–Kier alpha value is -3.43. The fraction of sp³-hybridized carbons (Fsp3) is 0.133. The van der Waals surface area contributed by atoms with Crippen LogP contribution in [0.1, 0.15) is 12.5 Å². The zero-order valence-electron chi connectivity index (χ0n) is 11.3. The largest absolute Gasteiger partial charge is 0.504 e. The molecular formula is C15H12N4O2. The summed E-state index contributed by atoms with van der Waals surface area (Å²) in [5, 5.41) is 36.2. The molecule has 6 heteroatoms. The van der Waals surface area contributed by atoms with Crippen molar-refractivity contribution in [2.24, 2.45) is 5.73 Å². The first kappa shape index (κ1) is 15.6. The maximum Gasteiger partial charge on any atom is 0.161 e. The van der Waals surface area contributed by atoms with Crippen molar-refractivity contribution in [1.29, 1.82) is 15.8 Å². The van der Waals surface area contributed by atoms with Crippen LogP contribution in [0, 0.1) is 34.0 Å². The lowest BCUT2D eigenvalue weighted by molar-refractivity contribution is 0.318. The first-order chi connectivity index (χ1) is 10.1. The van der Waals surface area contributed by atoms with Gasteiger partial charge in [0, 0.05) is 0 Å². The van der Waals surface area contributed by atoms with Crippen LogP contribution in [0.2, 0.25) is 0 Å². The Balaban J connectivity index is 3.32. The predicted octanol–water partition coefficient (Wildman–Crippen LogP) is 1.96. The molecule has 0 amide bonds. The number of phenolic OH excluding ortho intramolecular Hbond substituents is 1. The average molecular weight is 280 g/mol. The Kier molecular flexibility index (Phi) is 5.38. The number of aromatic hydroxyl groups is 1. The zero-order chi connectivity index (χ0) is 15.8. The van der Waals surface area contributed by atoms with Gasteiger partial charge in [-0.3, -0.25) is 0 Å². The summed E-state index contributed by atoms with van der Waals surface area (Å²) in [6.07, 6.45) is 1.41. The highest BCUT2D eigenvalue weighted by Crippen LogP contribution is 2.28. The molecule has 104 valence electrons. The normalized spacial score (nSPS) is 9.90. The van der Waals surface area contributed by atoms with Crippen molar-refractivity contribution in [2.45, 2.75) is 6.92 Å². The first-order valence-electron chi connectivity index (χ1n) is 5.95. The van der Waals surface area contributed by atoms with Gasteiger partial charge in [-0.25, -0.2) is 0 Å². The number of nitriles is 3. The van der Waals surface area contributed by atoms with E-state index in [1.54, 1.807) is 25.1 Å². The highest BCUT2D eigenvalue weighted by atomic mass is 16.5. The third-order valence-corrected chi connectivity index (χ3v) is 2.50. The summed E-state index contributed by atoms with van der Waals surface area (Å²) >= 11 is 0. The van der Waals surface area contributed by atoms with Crippen molar-refractivity contribution in [3.05, 3.63) is 40.6 Å². The summed E-state index contributed by atoms with van der Waals surface area (Å²) < 4.78 is 5.23. The van der Waals surface area contributed by atoms with E-state index in [-0.39, 0.29) is 28.3 Å². The first-order valence-corrected chi connectivity index (χ1v) is 5.95. The molecule has 0 aliphatic carbocycles. The number of hydrogen-bond acceptors (Lipinski definition) is 6. The van der Waals surface area contributed by atoms with Gasteiger partial charge in [0.15, 0.2) is 17.1 Å². The van der Waals surface area contributed by atoms with E-state index in [1.807, 2.05) is 6.07 Å². The van der Waals surface area contributed by atoms with Gasteiger partial charge in [-0.1, -0.05) is 6.07 Å². The second-order valence-electron chi connectivity index (χ2n) is 3.84. The van der Waals surface area contributed by atoms with E-state index in [0.29, 0.717) is 12.2 Å². The number of nitrogens with two attached hydrogens (primary N) is 1. The van der Waals surface area contributed by atoms with E-state index < -0.39 is 0 Å². The molecule has 0 aliphatic rings. The lowest BCUT2D eigenvalue weighted by atomic mass is 10.1. The van der Waals surface area contributed by atoms with Gasteiger partial charge in [-0.2, -0.15) is 15.8 Å². The number of nitrogens with zero attached hydrogens (tertiary/aromatic N) is 3. The molecule has 1 aromatic rings. The summed E-state index contributed by atoms with van der Waals surface area (Å²) in [5.74, 6) is 0.248. The highest BCUT2D eigenvalue weighted by Gasteiger charge is 2.09. The van der Waals surface area contributed by atoms with Crippen LogP contribution in [-0.2, 0) is 0 Å². The Labute approximate surface area is 122 Å². The molecule has 0 radical (unpaired) electrons. The summed E-state index contributed by atoms with van der Waals surface area (Å²) in [7, 11) is 0. The topological polar surface area (TPSA) is 127 Å². The number of ether oxygens (including phenoxy) is 1. The molecule has 0 aromatic heterocycles. The average Bonchev–Trinajstić information content (AvgIpc) is 2.49. The Morgan fingerprint density at radius 1 is 1.29 bits per heavy atom. The quantitative estimate of drug-likeness (QED) is 0.641. The number of rotatable bonds is 4. The van der Waals surface area contributed by atoms with Gasteiger partial charge in [0.05, 0.1) is 17.9 Å². The van der Waals surface area contributed by atoms with E-state index in [4.69, 9.17) is 26.3 Å². The van der Waals surface area contributed by atoms with Crippen molar-refractivity contribution in [3.8, 4) is 29.7 Å². The molecule has 0 heterocycles. The van der Waals surface area contributed by atoms with Gasteiger partial charge < -0.3 is 15.6 Å². The summed E-state index contributed by atoms with van der Waals surface area (Å²) in [5.41, 5.74) is 5.65. The minimum atomic E-state index is -0.327. The lowest BCUT2D eigenvalue weighted by Crippen LogP contribution is -2.03. The standard InChI is InChI=1S/C15H12N4O2/c1-2-21-14-6-10(3-4-13(14)20)5-11(7-16)15(19)12(8-17)9-18/h3-6,20H,2,19H2,1H3. The van der Waals surface area contributed by atoms with E-state index >= 15 is 0 Å². The predicted molar refractivity (Wildman–Crippen MR) is 75.3 cm³/mol.